The van der Waals surface area contributed by atoms with Crippen LogP contribution < -0.4 is 16.0 Å². The molecule has 1 aliphatic heterocycles. The van der Waals surface area contributed by atoms with Crippen LogP contribution in [0.2, 0.25) is 0 Å². The fraction of sp³-hybridized carbons (Fsp3) is 0.750. The predicted molar refractivity (Wildman–Crippen MR) is 82.3 cm³/mol. The lowest BCUT2D eigenvalue weighted by molar-refractivity contribution is 0.568. The average Bonchev–Trinajstić information content (AvgIpc) is 2.45. The van der Waals surface area contributed by atoms with Gasteiger partial charge < -0.3 is 16.0 Å². The van der Waals surface area contributed by atoms with Gasteiger partial charge in [-0.15, -0.1) is 0 Å². The normalized spacial score (nSPS) is 18.6. The number of hydrogen-bond donors (Lipinski definition) is 2. The van der Waals surface area contributed by atoms with Crippen molar-refractivity contribution in [2.45, 2.75) is 31.4 Å². The minimum Gasteiger partial charge on any atom is -0.368 e. The largest absolute Gasteiger partial charge is 0.368 e. The smallest absolute Gasteiger partial charge is 0.231 e. The van der Waals surface area contributed by atoms with E-state index >= 15 is 0 Å². The summed E-state index contributed by atoms with van der Waals surface area (Å²) in [7, 11) is -0.874. The van der Waals surface area contributed by atoms with Gasteiger partial charge in [0.2, 0.25) is 17.8 Å². The molecule has 1 saturated heterocycles. The summed E-state index contributed by atoms with van der Waals surface area (Å²) < 4.78 is 11.3. The van der Waals surface area contributed by atoms with Crippen LogP contribution in [0.1, 0.15) is 26.2 Å². The van der Waals surface area contributed by atoms with Crippen molar-refractivity contribution in [1.29, 1.82) is 0 Å². The van der Waals surface area contributed by atoms with Gasteiger partial charge >= 0.3 is 0 Å². The van der Waals surface area contributed by atoms with Gasteiger partial charge in [-0.05, 0) is 26.2 Å². The zero-order valence-electron chi connectivity index (χ0n) is 12.0. The molecule has 1 aromatic heterocycles. The Kier molecular flexibility index (Phi) is 5.11. The predicted octanol–water partition coefficient (Wildman–Crippen LogP) is 0.623. The number of nitrogen functional groups attached to an aromatic ring is 1. The number of rotatable bonds is 5. The fourth-order valence-corrected chi connectivity index (χ4v) is 2.37. The van der Waals surface area contributed by atoms with Crippen LogP contribution in [0.3, 0.4) is 0 Å². The molecule has 2 unspecified atom stereocenters. The molecular formula is C12H22N6OS. The molecule has 0 amide bonds. The van der Waals surface area contributed by atoms with E-state index in [9.17, 15) is 4.21 Å². The van der Waals surface area contributed by atoms with Gasteiger partial charge in [-0.25, -0.2) is 0 Å². The Bertz CT molecular complexity index is 477. The summed E-state index contributed by atoms with van der Waals surface area (Å²) in [6, 6.07) is 0. The molecule has 0 bridgehead atoms. The van der Waals surface area contributed by atoms with Crippen molar-refractivity contribution >= 4 is 28.6 Å². The van der Waals surface area contributed by atoms with Gasteiger partial charge in [0.15, 0.2) is 0 Å². The molecule has 0 aliphatic carbocycles. The molecule has 7 nitrogen and oxygen atoms in total. The van der Waals surface area contributed by atoms with E-state index in [0.29, 0.717) is 18.4 Å². The average molecular weight is 298 g/mol. The second kappa shape index (κ2) is 6.83. The fourth-order valence-electron chi connectivity index (χ4n) is 2.05. The molecule has 2 rings (SSSR count). The molecule has 0 aromatic carbocycles. The maximum absolute atomic E-state index is 11.3. The van der Waals surface area contributed by atoms with E-state index in [1.54, 1.807) is 6.26 Å². The topological polar surface area (TPSA) is 97.0 Å². The van der Waals surface area contributed by atoms with Gasteiger partial charge in [0.1, 0.15) is 0 Å². The Morgan fingerprint density at radius 3 is 2.65 bits per heavy atom. The van der Waals surface area contributed by atoms with E-state index in [0.717, 1.165) is 25.9 Å². The minimum atomic E-state index is -0.874. The Balaban J connectivity index is 2.05. The monoisotopic (exact) mass is 298 g/mol. The van der Waals surface area contributed by atoms with E-state index < -0.39 is 10.8 Å². The quantitative estimate of drug-likeness (QED) is 0.822. The Labute approximate surface area is 121 Å². The molecule has 8 heteroatoms. The Hall–Kier alpha value is -1.44. The lowest BCUT2D eigenvalue weighted by atomic mass is 10.1. The number of nitrogens with one attached hydrogen (secondary N) is 1. The first-order valence-corrected chi connectivity index (χ1v) is 8.51. The Morgan fingerprint density at radius 2 is 2.00 bits per heavy atom. The zero-order chi connectivity index (χ0) is 14.5. The van der Waals surface area contributed by atoms with Crippen LogP contribution in [-0.4, -0.2) is 50.3 Å². The molecule has 20 heavy (non-hydrogen) atoms. The van der Waals surface area contributed by atoms with Gasteiger partial charge in [0.25, 0.3) is 0 Å². The van der Waals surface area contributed by atoms with Crippen molar-refractivity contribution in [1.82, 2.24) is 15.0 Å². The third kappa shape index (κ3) is 4.03. The maximum Gasteiger partial charge on any atom is 0.231 e. The summed E-state index contributed by atoms with van der Waals surface area (Å²) in [5.74, 6) is 1.30. The molecule has 112 valence electrons. The van der Waals surface area contributed by atoms with Crippen molar-refractivity contribution in [3.63, 3.8) is 0 Å². The summed E-state index contributed by atoms with van der Waals surface area (Å²) in [6.45, 7) is 4.38. The first-order chi connectivity index (χ1) is 9.56. The second-order valence-corrected chi connectivity index (χ2v) is 6.86. The number of aromatic nitrogens is 3. The van der Waals surface area contributed by atoms with E-state index in [1.807, 2.05) is 6.92 Å². The van der Waals surface area contributed by atoms with Crippen molar-refractivity contribution in [3.8, 4) is 0 Å². The van der Waals surface area contributed by atoms with Crippen LogP contribution in [0, 0.1) is 0 Å². The first-order valence-electron chi connectivity index (χ1n) is 6.89. The lowest BCUT2D eigenvalue weighted by Gasteiger charge is -2.26. The van der Waals surface area contributed by atoms with Crippen molar-refractivity contribution in [2.24, 2.45) is 0 Å². The highest BCUT2D eigenvalue weighted by Gasteiger charge is 2.16. The summed E-state index contributed by atoms with van der Waals surface area (Å²) in [6.07, 6.45) is 5.25. The molecule has 1 fully saturated rings. The molecule has 2 atom stereocenters. The van der Waals surface area contributed by atoms with Crippen molar-refractivity contribution < 1.29 is 4.21 Å². The van der Waals surface area contributed by atoms with E-state index in [-0.39, 0.29) is 11.2 Å². The number of nitrogens with two attached hydrogens (primary N) is 1. The molecule has 1 aromatic rings. The van der Waals surface area contributed by atoms with Crippen LogP contribution in [0.25, 0.3) is 0 Å². The molecule has 0 spiro atoms. The molecular weight excluding hydrogens is 276 g/mol. The number of hydrogen-bond acceptors (Lipinski definition) is 7. The lowest BCUT2D eigenvalue weighted by Crippen LogP contribution is -2.31. The highest BCUT2D eigenvalue weighted by molar-refractivity contribution is 7.84. The first kappa shape index (κ1) is 15.0. The highest BCUT2D eigenvalue weighted by Crippen LogP contribution is 2.17. The second-order valence-electron chi connectivity index (χ2n) is 5.06. The number of anilines is 3. The molecule has 3 N–H and O–H groups in total. The summed E-state index contributed by atoms with van der Waals surface area (Å²) in [5, 5.41) is 3.12. The van der Waals surface area contributed by atoms with Gasteiger partial charge in [0, 0.05) is 41.9 Å². The number of piperidine rings is 1. The molecule has 0 saturated carbocycles. The standard InChI is InChI=1S/C12H22N6OS/c1-9(20(2)19)8-14-11-15-10(13)16-12(17-11)18-6-4-3-5-7-18/h9H,3-8H2,1-2H3,(H3,13,14,15,16,17). The highest BCUT2D eigenvalue weighted by atomic mass is 32.2. The Morgan fingerprint density at radius 1 is 1.30 bits per heavy atom. The van der Waals surface area contributed by atoms with Gasteiger partial charge in [-0.1, -0.05) is 0 Å². The van der Waals surface area contributed by atoms with E-state index in [1.165, 1.54) is 6.42 Å². The number of nitrogens with zero attached hydrogens (tertiary/aromatic N) is 4. The van der Waals surface area contributed by atoms with Crippen molar-refractivity contribution in [3.05, 3.63) is 0 Å². The van der Waals surface area contributed by atoms with Crippen molar-refractivity contribution in [2.75, 3.05) is 41.8 Å². The van der Waals surface area contributed by atoms with Crippen LogP contribution in [0.5, 0.6) is 0 Å². The molecule has 2 heterocycles. The third-order valence-corrected chi connectivity index (χ3v) is 4.69. The molecule has 1 aliphatic rings. The van der Waals surface area contributed by atoms with E-state index in [4.69, 9.17) is 5.73 Å². The van der Waals surface area contributed by atoms with Gasteiger partial charge in [-0.3, -0.25) is 4.21 Å². The SMILES string of the molecule is CC(CNc1nc(N)nc(N2CCCCC2)n1)S(C)=O. The minimum absolute atomic E-state index is 0.0337. The van der Waals surface area contributed by atoms with Crippen LogP contribution in [-0.2, 0) is 10.8 Å². The maximum atomic E-state index is 11.3. The van der Waals surface area contributed by atoms with Gasteiger partial charge in [0.05, 0.1) is 0 Å². The third-order valence-electron chi connectivity index (χ3n) is 3.39. The zero-order valence-corrected chi connectivity index (χ0v) is 12.8. The van der Waals surface area contributed by atoms with E-state index in [2.05, 4.69) is 25.2 Å². The summed E-state index contributed by atoms with van der Waals surface area (Å²) >= 11 is 0. The van der Waals surface area contributed by atoms with Crippen LogP contribution in [0.15, 0.2) is 0 Å². The van der Waals surface area contributed by atoms with Crippen LogP contribution in [0.4, 0.5) is 17.8 Å². The summed E-state index contributed by atoms with van der Waals surface area (Å²) in [5.41, 5.74) is 5.74. The van der Waals surface area contributed by atoms with Crippen LogP contribution >= 0.6 is 0 Å². The molecule has 0 radical (unpaired) electrons. The summed E-state index contributed by atoms with van der Waals surface area (Å²) in [4.78, 5) is 14.8. The van der Waals surface area contributed by atoms with Gasteiger partial charge in [-0.2, -0.15) is 15.0 Å².